The van der Waals surface area contributed by atoms with Crippen molar-refractivity contribution in [2.45, 2.75) is 25.8 Å². The van der Waals surface area contributed by atoms with Gasteiger partial charge in [0.25, 0.3) is 5.91 Å². The summed E-state index contributed by atoms with van der Waals surface area (Å²) in [5, 5.41) is 3.08. The van der Waals surface area contributed by atoms with E-state index in [2.05, 4.69) is 38.1 Å². The molecule has 1 atom stereocenters. The number of hydrogen-bond acceptors (Lipinski definition) is 2. The van der Waals surface area contributed by atoms with E-state index in [1.807, 2.05) is 36.4 Å². The number of carbonyl (C=O) groups is 1. The lowest BCUT2D eigenvalue weighted by Crippen LogP contribution is -2.29. The molecule has 2 N–H and O–H groups in total. The molecule has 1 aromatic heterocycles. The highest BCUT2D eigenvalue weighted by atomic mass is 79.9. The third-order valence-electron chi connectivity index (χ3n) is 3.73. The first-order valence-electron chi connectivity index (χ1n) is 7.68. The standard InChI is InChI=1S/C18H18BrN3O/c1-2-5-16(17-20-14-6-3-4-7-15(14)21-17)22-18(23)12-8-10-13(19)11-9-12/h3-4,6-11,16H,2,5H2,1H3,(H,20,21)(H,22,23)/t16-/m0/s1. The third-order valence-corrected chi connectivity index (χ3v) is 4.26. The number of hydrogen-bond donors (Lipinski definition) is 2. The lowest BCUT2D eigenvalue weighted by molar-refractivity contribution is 0.0932. The molecule has 118 valence electrons. The summed E-state index contributed by atoms with van der Waals surface area (Å²) < 4.78 is 0.955. The number of H-pyrrole nitrogens is 1. The normalized spacial score (nSPS) is 12.3. The topological polar surface area (TPSA) is 57.8 Å². The minimum Gasteiger partial charge on any atom is -0.342 e. The average Bonchev–Trinajstić information content (AvgIpc) is 2.99. The molecule has 0 aliphatic heterocycles. The van der Waals surface area contributed by atoms with Crippen LogP contribution in [0.15, 0.2) is 53.0 Å². The number of carbonyl (C=O) groups excluding carboxylic acids is 1. The Morgan fingerprint density at radius 1 is 1.22 bits per heavy atom. The van der Waals surface area contributed by atoms with Gasteiger partial charge in [-0.3, -0.25) is 4.79 Å². The monoisotopic (exact) mass is 371 g/mol. The summed E-state index contributed by atoms with van der Waals surface area (Å²) in [7, 11) is 0. The maximum Gasteiger partial charge on any atom is 0.251 e. The van der Waals surface area contributed by atoms with E-state index in [9.17, 15) is 4.79 Å². The first-order chi connectivity index (χ1) is 11.2. The first-order valence-corrected chi connectivity index (χ1v) is 8.47. The van der Waals surface area contributed by atoms with Crippen molar-refractivity contribution >= 4 is 32.9 Å². The number of nitrogens with zero attached hydrogens (tertiary/aromatic N) is 1. The fourth-order valence-electron chi connectivity index (χ4n) is 2.55. The van der Waals surface area contributed by atoms with Gasteiger partial charge in [-0.1, -0.05) is 41.4 Å². The van der Waals surface area contributed by atoms with Crippen LogP contribution in [-0.4, -0.2) is 15.9 Å². The Hall–Kier alpha value is -2.14. The van der Waals surface area contributed by atoms with Crippen LogP contribution in [0.25, 0.3) is 11.0 Å². The van der Waals surface area contributed by atoms with Crippen molar-refractivity contribution in [3.63, 3.8) is 0 Å². The van der Waals surface area contributed by atoms with Gasteiger partial charge in [-0.15, -0.1) is 0 Å². The average molecular weight is 372 g/mol. The lowest BCUT2D eigenvalue weighted by Gasteiger charge is -2.16. The van der Waals surface area contributed by atoms with E-state index in [1.54, 1.807) is 12.1 Å². The summed E-state index contributed by atoms with van der Waals surface area (Å²) in [4.78, 5) is 20.4. The zero-order valence-corrected chi connectivity index (χ0v) is 14.4. The number of benzene rings is 2. The van der Waals surface area contributed by atoms with E-state index in [0.717, 1.165) is 34.2 Å². The van der Waals surface area contributed by atoms with Gasteiger partial charge in [0.05, 0.1) is 17.1 Å². The quantitative estimate of drug-likeness (QED) is 0.688. The van der Waals surface area contributed by atoms with E-state index in [0.29, 0.717) is 5.56 Å². The second-order valence-corrected chi connectivity index (χ2v) is 6.38. The van der Waals surface area contributed by atoms with Crippen LogP contribution in [-0.2, 0) is 0 Å². The lowest BCUT2D eigenvalue weighted by atomic mass is 10.1. The molecule has 4 nitrogen and oxygen atoms in total. The Labute approximate surface area is 143 Å². The number of amides is 1. The highest BCUT2D eigenvalue weighted by Gasteiger charge is 2.18. The molecule has 1 amide bonds. The molecule has 0 radical (unpaired) electrons. The van der Waals surface area contributed by atoms with Gasteiger partial charge in [-0.2, -0.15) is 0 Å². The Balaban J connectivity index is 1.83. The minimum atomic E-state index is -0.122. The predicted octanol–water partition coefficient (Wildman–Crippen LogP) is 4.60. The molecular weight excluding hydrogens is 354 g/mol. The van der Waals surface area contributed by atoms with Gasteiger partial charge in [-0.05, 0) is 42.8 Å². The Morgan fingerprint density at radius 3 is 2.65 bits per heavy atom. The summed E-state index contributed by atoms with van der Waals surface area (Å²) >= 11 is 3.38. The highest BCUT2D eigenvalue weighted by Crippen LogP contribution is 2.20. The molecular formula is C18H18BrN3O. The first kappa shape index (κ1) is 15.7. The molecule has 0 bridgehead atoms. The number of fused-ring (bicyclic) bond motifs is 1. The number of para-hydroxylation sites is 2. The second-order valence-electron chi connectivity index (χ2n) is 5.46. The molecule has 2 aromatic carbocycles. The van der Waals surface area contributed by atoms with Crippen molar-refractivity contribution < 1.29 is 4.79 Å². The Kier molecular flexibility index (Phi) is 4.76. The van der Waals surface area contributed by atoms with Crippen LogP contribution in [0.3, 0.4) is 0 Å². The Bertz CT molecular complexity index is 778. The SMILES string of the molecule is CCC[C@H](NC(=O)c1ccc(Br)cc1)c1nc2ccccc2[nH]1. The van der Waals surface area contributed by atoms with Gasteiger partial charge >= 0.3 is 0 Å². The summed E-state index contributed by atoms with van der Waals surface area (Å²) in [6.07, 6.45) is 1.80. The smallest absolute Gasteiger partial charge is 0.251 e. The van der Waals surface area contributed by atoms with Crippen LogP contribution in [0.4, 0.5) is 0 Å². The number of imidazole rings is 1. The van der Waals surface area contributed by atoms with Crippen molar-refractivity contribution in [2.75, 3.05) is 0 Å². The largest absolute Gasteiger partial charge is 0.342 e. The molecule has 0 fully saturated rings. The molecule has 23 heavy (non-hydrogen) atoms. The van der Waals surface area contributed by atoms with E-state index in [4.69, 9.17) is 0 Å². The van der Waals surface area contributed by atoms with Crippen LogP contribution < -0.4 is 5.32 Å². The van der Waals surface area contributed by atoms with Crippen LogP contribution in [0.2, 0.25) is 0 Å². The summed E-state index contributed by atoms with van der Waals surface area (Å²) in [6, 6.07) is 15.1. The predicted molar refractivity (Wildman–Crippen MR) is 95.4 cm³/mol. The van der Waals surface area contributed by atoms with Gasteiger partial charge in [0.1, 0.15) is 5.82 Å². The molecule has 5 heteroatoms. The number of nitrogens with one attached hydrogen (secondary N) is 2. The number of aromatic nitrogens is 2. The van der Waals surface area contributed by atoms with E-state index in [1.165, 1.54) is 0 Å². The number of rotatable bonds is 5. The van der Waals surface area contributed by atoms with Gasteiger partial charge in [0.15, 0.2) is 0 Å². The number of halogens is 1. The fourth-order valence-corrected chi connectivity index (χ4v) is 2.81. The van der Waals surface area contributed by atoms with Crippen LogP contribution in [0.1, 0.15) is 42.0 Å². The van der Waals surface area contributed by atoms with Gasteiger partial charge < -0.3 is 10.3 Å². The van der Waals surface area contributed by atoms with Crippen molar-refractivity contribution in [1.82, 2.24) is 15.3 Å². The second kappa shape index (κ2) is 6.96. The van der Waals surface area contributed by atoms with Crippen molar-refractivity contribution in [1.29, 1.82) is 0 Å². The third kappa shape index (κ3) is 3.62. The molecule has 3 aromatic rings. The molecule has 0 saturated heterocycles. The maximum atomic E-state index is 12.5. The zero-order chi connectivity index (χ0) is 16.2. The van der Waals surface area contributed by atoms with Gasteiger partial charge in [0.2, 0.25) is 0 Å². The molecule has 3 rings (SSSR count). The molecule has 0 aliphatic rings. The van der Waals surface area contributed by atoms with Gasteiger partial charge in [0, 0.05) is 10.0 Å². The summed E-state index contributed by atoms with van der Waals surface area (Å²) in [6.45, 7) is 2.10. The van der Waals surface area contributed by atoms with Gasteiger partial charge in [-0.25, -0.2) is 4.98 Å². The molecule has 0 unspecified atom stereocenters. The van der Waals surface area contributed by atoms with Crippen molar-refractivity contribution in [2.24, 2.45) is 0 Å². The van der Waals surface area contributed by atoms with Crippen molar-refractivity contribution in [3.8, 4) is 0 Å². The summed E-state index contributed by atoms with van der Waals surface area (Å²) in [5.74, 6) is 0.718. The molecule has 0 spiro atoms. The van der Waals surface area contributed by atoms with E-state index in [-0.39, 0.29) is 11.9 Å². The fraction of sp³-hybridized carbons (Fsp3) is 0.222. The number of aromatic amines is 1. The van der Waals surface area contributed by atoms with E-state index >= 15 is 0 Å². The van der Waals surface area contributed by atoms with Crippen LogP contribution >= 0.6 is 15.9 Å². The Morgan fingerprint density at radius 2 is 1.96 bits per heavy atom. The molecule has 1 heterocycles. The van der Waals surface area contributed by atoms with E-state index < -0.39 is 0 Å². The minimum absolute atomic E-state index is 0.0867. The molecule has 0 aliphatic carbocycles. The van der Waals surface area contributed by atoms with Crippen LogP contribution in [0, 0.1) is 0 Å². The van der Waals surface area contributed by atoms with Crippen LogP contribution in [0.5, 0.6) is 0 Å². The highest BCUT2D eigenvalue weighted by molar-refractivity contribution is 9.10. The zero-order valence-electron chi connectivity index (χ0n) is 12.8. The summed E-state index contributed by atoms with van der Waals surface area (Å²) in [5.41, 5.74) is 2.55. The maximum absolute atomic E-state index is 12.5. The molecule has 0 saturated carbocycles. The van der Waals surface area contributed by atoms with Crippen molar-refractivity contribution in [3.05, 3.63) is 64.4 Å².